The Bertz CT molecular complexity index is 456. The van der Waals surface area contributed by atoms with Crippen molar-refractivity contribution in [3.8, 4) is 0 Å². The number of aromatic amines is 1. The molecule has 94 valence electrons. The van der Waals surface area contributed by atoms with E-state index in [0.717, 1.165) is 13.2 Å². The molecule has 2 atom stereocenters. The minimum Gasteiger partial charge on any atom is -0.373 e. The molecule has 2 unspecified atom stereocenters. The Kier molecular flexibility index (Phi) is 2.89. The van der Waals surface area contributed by atoms with E-state index in [4.69, 9.17) is 22.7 Å². The molecule has 0 aromatic carbocycles. The molecule has 0 spiro atoms. The highest BCUT2D eigenvalue weighted by atomic mass is 32.1. The van der Waals surface area contributed by atoms with Crippen molar-refractivity contribution in [2.75, 3.05) is 25.4 Å². The molecule has 3 N–H and O–H groups in total. The highest BCUT2D eigenvalue weighted by Crippen LogP contribution is 2.23. The van der Waals surface area contributed by atoms with E-state index in [2.05, 4.69) is 15.1 Å². The van der Waals surface area contributed by atoms with Gasteiger partial charge in [-0.15, -0.1) is 5.10 Å². The molecule has 0 amide bonds. The molecular formula is C10H17N5OS. The van der Waals surface area contributed by atoms with Crippen molar-refractivity contribution < 1.29 is 4.74 Å². The summed E-state index contributed by atoms with van der Waals surface area (Å²) >= 11 is 5.13. The summed E-state index contributed by atoms with van der Waals surface area (Å²) in [5.74, 6) is 0.433. The van der Waals surface area contributed by atoms with E-state index < -0.39 is 0 Å². The lowest BCUT2D eigenvalue weighted by atomic mass is 10.2. The summed E-state index contributed by atoms with van der Waals surface area (Å²) in [5, 5.41) is 6.60. The average Bonchev–Trinajstić information content (AvgIpc) is 2.90. The highest BCUT2D eigenvalue weighted by Gasteiger charge is 2.32. The summed E-state index contributed by atoms with van der Waals surface area (Å²) in [6, 6.07) is 0.626. The minimum atomic E-state index is 0.163. The topological polar surface area (TPSA) is 72.1 Å². The first-order chi connectivity index (χ1) is 8.24. The van der Waals surface area contributed by atoms with Crippen molar-refractivity contribution in [1.29, 1.82) is 0 Å². The molecule has 1 aromatic rings. The Morgan fingerprint density at radius 1 is 1.59 bits per heavy atom. The summed E-state index contributed by atoms with van der Waals surface area (Å²) in [7, 11) is 0. The van der Waals surface area contributed by atoms with Crippen LogP contribution in [0.3, 0.4) is 0 Å². The van der Waals surface area contributed by atoms with Gasteiger partial charge >= 0.3 is 0 Å². The third-order valence-corrected chi connectivity index (χ3v) is 3.95. The van der Waals surface area contributed by atoms with Crippen LogP contribution in [0.1, 0.15) is 12.8 Å². The molecule has 2 aliphatic heterocycles. The molecule has 0 saturated carbocycles. The smallest absolute Gasteiger partial charge is 0.220 e. The van der Waals surface area contributed by atoms with Crippen LogP contribution in [0, 0.1) is 4.77 Å². The van der Waals surface area contributed by atoms with E-state index in [1.54, 1.807) is 4.57 Å². The second kappa shape index (κ2) is 4.40. The summed E-state index contributed by atoms with van der Waals surface area (Å²) < 4.78 is 8.24. The van der Waals surface area contributed by atoms with Gasteiger partial charge in [-0.25, -0.2) is 5.10 Å². The van der Waals surface area contributed by atoms with E-state index in [-0.39, 0.29) is 6.10 Å². The van der Waals surface area contributed by atoms with Gasteiger partial charge in [0.25, 0.3) is 0 Å². The number of rotatable bonds is 2. The fraction of sp³-hybridized carbons (Fsp3) is 0.800. The third kappa shape index (κ3) is 2.10. The van der Waals surface area contributed by atoms with E-state index in [1.807, 2.05) is 0 Å². The first kappa shape index (κ1) is 11.2. The molecule has 7 heteroatoms. The number of nitrogens with one attached hydrogen (secondary N) is 1. The van der Waals surface area contributed by atoms with Gasteiger partial charge in [0.1, 0.15) is 0 Å². The number of fused-ring (bicyclic) bond motifs is 1. The second-order valence-corrected chi connectivity index (χ2v) is 5.13. The molecule has 0 bridgehead atoms. The molecule has 1 aromatic heterocycles. The summed E-state index contributed by atoms with van der Waals surface area (Å²) in [4.78, 5) is 2.51. The molecule has 6 nitrogen and oxygen atoms in total. The van der Waals surface area contributed by atoms with Gasteiger partial charge in [0.2, 0.25) is 5.95 Å². The van der Waals surface area contributed by atoms with Crippen molar-refractivity contribution in [3.63, 3.8) is 0 Å². The predicted octanol–water partition coefficient (Wildman–Crippen LogP) is 0.386. The quantitative estimate of drug-likeness (QED) is 0.748. The summed E-state index contributed by atoms with van der Waals surface area (Å²) in [6.07, 6.45) is 2.71. The van der Waals surface area contributed by atoms with Crippen molar-refractivity contribution in [2.24, 2.45) is 0 Å². The number of aromatic nitrogens is 3. The number of nitrogens with two attached hydrogens (primary N) is 1. The Morgan fingerprint density at radius 2 is 2.47 bits per heavy atom. The first-order valence-electron chi connectivity index (χ1n) is 6.00. The van der Waals surface area contributed by atoms with Crippen LogP contribution in [0.15, 0.2) is 0 Å². The Labute approximate surface area is 105 Å². The highest BCUT2D eigenvalue weighted by molar-refractivity contribution is 7.71. The number of H-pyrrole nitrogens is 1. The Morgan fingerprint density at radius 3 is 3.24 bits per heavy atom. The van der Waals surface area contributed by atoms with Crippen LogP contribution in [0.25, 0.3) is 0 Å². The van der Waals surface area contributed by atoms with E-state index >= 15 is 0 Å². The zero-order valence-electron chi connectivity index (χ0n) is 9.63. The molecule has 3 heterocycles. The number of anilines is 1. The number of ether oxygens (including phenoxy) is 1. The van der Waals surface area contributed by atoms with Crippen molar-refractivity contribution >= 4 is 18.2 Å². The van der Waals surface area contributed by atoms with Crippen LogP contribution < -0.4 is 5.73 Å². The molecule has 0 aliphatic carbocycles. The van der Waals surface area contributed by atoms with Crippen LogP contribution in [0.2, 0.25) is 0 Å². The van der Waals surface area contributed by atoms with Gasteiger partial charge in [-0.05, 0) is 31.6 Å². The number of nitrogens with zero attached hydrogens (tertiary/aromatic N) is 3. The third-order valence-electron chi connectivity index (χ3n) is 3.64. The van der Waals surface area contributed by atoms with Crippen molar-refractivity contribution in [3.05, 3.63) is 4.77 Å². The molecule has 0 radical (unpaired) electrons. The van der Waals surface area contributed by atoms with Crippen LogP contribution in [-0.2, 0) is 11.3 Å². The molecule has 3 rings (SSSR count). The average molecular weight is 255 g/mol. The molecule has 2 saturated heterocycles. The second-order valence-electron chi connectivity index (χ2n) is 4.74. The standard InChI is InChI=1S/C10H17N5OS/c11-9-12-13-10(17)15(9)5-8-4-14-3-1-2-7(14)6-16-8/h7-8H,1-6H2,(H2,11,12)(H,13,17). The fourth-order valence-corrected chi connectivity index (χ4v) is 2.92. The molecule has 17 heavy (non-hydrogen) atoms. The van der Waals surface area contributed by atoms with Crippen LogP contribution in [-0.4, -0.2) is 51.5 Å². The van der Waals surface area contributed by atoms with Crippen LogP contribution in [0.4, 0.5) is 5.95 Å². The largest absolute Gasteiger partial charge is 0.373 e. The number of morpholine rings is 1. The van der Waals surface area contributed by atoms with E-state index in [9.17, 15) is 0 Å². The van der Waals surface area contributed by atoms with Gasteiger partial charge in [0, 0.05) is 12.6 Å². The lowest BCUT2D eigenvalue weighted by Crippen LogP contribution is -2.47. The molecule has 2 aliphatic rings. The molecule has 2 fully saturated rings. The lowest BCUT2D eigenvalue weighted by molar-refractivity contribution is -0.0551. The van der Waals surface area contributed by atoms with Gasteiger partial charge in [0.15, 0.2) is 4.77 Å². The monoisotopic (exact) mass is 255 g/mol. The Balaban J connectivity index is 1.68. The van der Waals surface area contributed by atoms with Crippen LogP contribution in [0.5, 0.6) is 0 Å². The first-order valence-corrected chi connectivity index (χ1v) is 6.41. The number of hydrogen-bond donors (Lipinski definition) is 2. The lowest BCUT2D eigenvalue weighted by Gasteiger charge is -2.35. The van der Waals surface area contributed by atoms with Gasteiger partial charge in [-0.3, -0.25) is 9.47 Å². The van der Waals surface area contributed by atoms with Gasteiger partial charge < -0.3 is 10.5 Å². The minimum absolute atomic E-state index is 0.163. The van der Waals surface area contributed by atoms with E-state index in [1.165, 1.54) is 19.4 Å². The number of nitrogen functional groups attached to an aromatic ring is 1. The zero-order chi connectivity index (χ0) is 11.8. The fourth-order valence-electron chi connectivity index (χ4n) is 2.71. The Hall–Kier alpha value is -0.920. The summed E-state index contributed by atoms with van der Waals surface area (Å²) in [6.45, 7) is 3.67. The normalized spacial score (nSPS) is 29.4. The van der Waals surface area contributed by atoms with Crippen molar-refractivity contribution in [1.82, 2.24) is 19.7 Å². The maximum absolute atomic E-state index is 5.87. The number of hydrogen-bond acceptors (Lipinski definition) is 5. The maximum Gasteiger partial charge on any atom is 0.220 e. The SMILES string of the molecule is Nc1n[nH]c(=S)n1CC1CN2CCCC2CO1. The van der Waals surface area contributed by atoms with Gasteiger partial charge in [-0.1, -0.05) is 0 Å². The van der Waals surface area contributed by atoms with E-state index in [0.29, 0.717) is 23.3 Å². The zero-order valence-corrected chi connectivity index (χ0v) is 10.4. The van der Waals surface area contributed by atoms with Gasteiger partial charge in [0.05, 0.1) is 19.3 Å². The maximum atomic E-state index is 5.87. The van der Waals surface area contributed by atoms with Crippen molar-refractivity contribution in [2.45, 2.75) is 31.5 Å². The summed E-state index contributed by atoms with van der Waals surface area (Å²) in [5.41, 5.74) is 5.75. The molecular weight excluding hydrogens is 238 g/mol. The predicted molar refractivity (Wildman–Crippen MR) is 66.2 cm³/mol. The van der Waals surface area contributed by atoms with Gasteiger partial charge in [-0.2, -0.15) is 0 Å². The van der Waals surface area contributed by atoms with Crippen LogP contribution >= 0.6 is 12.2 Å².